The number of piperidine rings is 1. The van der Waals surface area contributed by atoms with Crippen LogP contribution >= 0.6 is 23.2 Å². The van der Waals surface area contributed by atoms with Gasteiger partial charge in [-0.05, 0) is 36.5 Å². The van der Waals surface area contributed by atoms with Gasteiger partial charge in [0, 0.05) is 18.5 Å². The lowest BCUT2D eigenvalue weighted by atomic mass is 9.89. The van der Waals surface area contributed by atoms with Crippen molar-refractivity contribution >= 4 is 41.1 Å². The molecule has 24 heavy (non-hydrogen) atoms. The van der Waals surface area contributed by atoms with E-state index >= 15 is 0 Å². The Morgan fingerprint density at radius 3 is 2.50 bits per heavy atom. The fourth-order valence-electron chi connectivity index (χ4n) is 3.19. The van der Waals surface area contributed by atoms with E-state index in [2.05, 4.69) is 0 Å². The summed E-state index contributed by atoms with van der Waals surface area (Å²) in [5.41, 5.74) is 2.30. The number of hydrogen-bond acceptors (Lipinski definition) is 2. The molecular weight excluding hydrogens is 345 g/mol. The fraction of sp³-hybridized carbons (Fsp3) is 0.263. The molecule has 1 unspecified atom stereocenters. The zero-order valence-electron chi connectivity index (χ0n) is 13.0. The molecule has 1 aliphatic heterocycles. The summed E-state index contributed by atoms with van der Waals surface area (Å²) in [7, 11) is 0. The Hall–Kier alpha value is -1.84. The van der Waals surface area contributed by atoms with E-state index in [0.29, 0.717) is 34.3 Å². The number of para-hydroxylation sites is 1. The van der Waals surface area contributed by atoms with Crippen molar-refractivity contribution in [1.29, 1.82) is 0 Å². The van der Waals surface area contributed by atoms with Crippen LogP contribution in [0.3, 0.4) is 0 Å². The van der Waals surface area contributed by atoms with E-state index in [-0.39, 0.29) is 11.8 Å². The first kappa shape index (κ1) is 17.0. The molecule has 2 aromatic carbocycles. The van der Waals surface area contributed by atoms with E-state index in [1.165, 1.54) is 0 Å². The molecule has 1 heterocycles. The molecule has 1 aliphatic rings. The highest BCUT2D eigenvalue weighted by Crippen LogP contribution is 2.37. The Balaban J connectivity index is 1.84. The van der Waals surface area contributed by atoms with Crippen molar-refractivity contribution in [2.45, 2.75) is 19.3 Å². The fourth-order valence-corrected chi connectivity index (χ4v) is 3.79. The van der Waals surface area contributed by atoms with Gasteiger partial charge in [0.2, 0.25) is 5.91 Å². The van der Waals surface area contributed by atoms with E-state index < -0.39 is 0 Å². The number of benzene rings is 2. The largest absolute Gasteiger partial charge is 0.309 e. The van der Waals surface area contributed by atoms with Gasteiger partial charge in [-0.15, -0.1) is 0 Å². The SMILES string of the molecule is O=Cc1ccccc1CC1CCC(=O)N(c2c(Cl)cccc2Cl)C1. The van der Waals surface area contributed by atoms with Gasteiger partial charge in [0.1, 0.15) is 6.29 Å². The van der Waals surface area contributed by atoms with Crippen LogP contribution in [0.1, 0.15) is 28.8 Å². The molecule has 1 saturated heterocycles. The zero-order chi connectivity index (χ0) is 17.1. The molecule has 1 fully saturated rings. The zero-order valence-corrected chi connectivity index (χ0v) is 14.6. The lowest BCUT2D eigenvalue weighted by Gasteiger charge is -2.34. The van der Waals surface area contributed by atoms with E-state index in [1.54, 1.807) is 23.1 Å². The Morgan fingerprint density at radius 1 is 1.08 bits per heavy atom. The molecule has 0 bridgehead atoms. The quantitative estimate of drug-likeness (QED) is 0.734. The maximum absolute atomic E-state index is 12.4. The first-order valence-electron chi connectivity index (χ1n) is 7.87. The molecule has 0 spiro atoms. The Kier molecular flexibility index (Phi) is 5.22. The van der Waals surface area contributed by atoms with Gasteiger partial charge in [-0.2, -0.15) is 0 Å². The number of aldehydes is 1. The predicted molar refractivity (Wildman–Crippen MR) is 97.1 cm³/mol. The second kappa shape index (κ2) is 7.37. The molecule has 3 nitrogen and oxygen atoms in total. The monoisotopic (exact) mass is 361 g/mol. The summed E-state index contributed by atoms with van der Waals surface area (Å²) in [6, 6.07) is 12.8. The molecule has 0 aliphatic carbocycles. The molecular formula is C19H17Cl2NO2. The predicted octanol–water partition coefficient (Wildman–Crippen LogP) is 4.79. The summed E-state index contributed by atoms with van der Waals surface area (Å²) in [5, 5.41) is 0.953. The molecule has 0 aromatic heterocycles. The summed E-state index contributed by atoms with van der Waals surface area (Å²) in [6.07, 6.45) is 2.88. The van der Waals surface area contributed by atoms with Crippen molar-refractivity contribution in [1.82, 2.24) is 0 Å². The lowest BCUT2D eigenvalue weighted by molar-refractivity contribution is -0.120. The average Bonchev–Trinajstić information content (AvgIpc) is 2.58. The van der Waals surface area contributed by atoms with Crippen molar-refractivity contribution in [2.75, 3.05) is 11.4 Å². The van der Waals surface area contributed by atoms with Gasteiger partial charge >= 0.3 is 0 Å². The number of nitrogens with zero attached hydrogens (tertiary/aromatic N) is 1. The third kappa shape index (κ3) is 3.47. The van der Waals surface area contributed by atoms with Crippen LogP contribution in [0.4, 0.5) is 5.69 Å². The first-order valence-corrected chi connectivity index (χ1v) is 8.63. The van der Waals surface area contributed by atoms with Crippen molar-refractivity contribution in [3.63, 3.8) is 0 Å². The number of hydrogen-bond donors (Lipinski definition) is 0. The minimum Gasteiger partial charge on any atom is -0.309 e. The smallest absolute Gasteiger partial charge is 0.227 e. The maximum Gasteiger partial charge on any atom is 0.227 e. The van der Waals surface area contributed by atoms with Crippen LogP contribution in [0.2, 0.25) is 10.0 Å². The van der Waals surface area contributed by atoms with Crippen LogP contribution in [0, 0.1) is 5.92 Å². The minimum atomic E-state index is 0.0323. The van der Waals surface area contributed by atoms with E-state index in [4.69, 9.17) is 23.2 Å². The maximum atomic E-state index is 12.4. The number of rotatable bonds is 4. The van der Waals surface area contributed by atoms with Crippen molar-refractivity contribution < 1.29 is 9.59 Å². The summed E-state index contributed by atoms with van der Waals surface area (Å²) in [5.74, 6) is 0.293. The molecule has 0 saturated carbocycles. The van der Waals surface area contributed by atoms with Gasteiger partial charge in [0.25, 0.3) is 0 Å². The standard InChI is InChI=1S/C19H17Cl2NO2/c20-16-6-3-7-17(21)19(16)22-11-13(8-9-18(22)24)10-14-4-1-2-5-15(14)12-23/h1-7,12-13H,8-11H2. The van der Waals surface area contributed by atoms with E-state index in [9.17, 15) is 9.59 Å². The molecule has 1 amide bonds. The first-order chi connectivity index (χ1) is 11.6. The van der Waals surface area contributed by atoms with Gasteiger partial charge in [-0.3, -0.25) is 9.59 Å². The van der Waals surface area contributed by atoms with Gasteiger partial charge in [0.05, 0.1) is 15.7 Å². The van der Waals surface area contributed by atoms with Gasteiger partial charge in [-0.1, -0.05) is 53.5 Å². The minimum absolute atomic E-state index is 0.0323. The molecule has 124 valence electrons. The highest BCUT2D eigenvalue weighted by atomic mass is 35.5. The van der Waals surface area contributed by atoms with Crippen LogP contribution in [0.5, 0.6) is 0 Å². The van der Waals surface area contributed by atoms with Crippen LogP contribution in [0.25, 0.3) is 0 Å². The molecule has 0 N–H and O–H groups in total. The van der Waals surface area contributed by atoms with Crippen LogP contribution < -0.4 is 4.90 Å². The molecule has 2 aromatic rings. The number of carbonyl (C=O) groups is 2. The van der Waals surface area contributed by atoms with Gasteiger partial charge in [-0.25, -0.2) is 0 Å². The third-order valence-corrected chi connectivity index (χ3v) is 5.02. The lowest BCUT2D eigenvalue weighted by Crippen LogP contribution is -2.41. The van der Waals surface area contributed by atoms with Gasteiger partial charge in [0.15, 0.2) is 0 Å². The van der Waals surface area contributed by atoms with E-state index in [0.717, 1.165) is 24.7 Å². The normalized spacial score (nSPS) is 17.8. The molecule has 1 atom stereocenters. The van der Waals surface area contributed by atoms with Crippen LogP contribution in [0.15, 0.2) is 42.5 Å². The van der Waals surface area contributed by atoms with Crippen molar-refractivity contribution in [3.8, 4) is 0 Å². The number of anilines is 1. The van der Waals surface area contributed by atoms with Crippen molar-refractivity contribution in [3.05, 3.63) is 63.6 Å². The Labute approximate surface area is 151 Å². The molecule has 3 rings (SSSR count). The summed E-state index contributed by atoms with van der Waals surface area (Å²) < 4.78 is 0. The average molecular weight is 362 g/mol. The summed E-state index contributed by atoms with van der Waals surface area (Å²) in [4.78, 5) is 25.3. The highest BCUT2D eigenvalue weighted by Gasteiger charge is 2.29. The van der Waals surface area contributed by atoms with Crippen LogP contribution in [-0.4, -0.2) is 18.7 Å². The van der Waals surface area contributed by atoms with Crippen molar-refractivity contribution in [2.24, 2.45) is 5.92 Å². The van der Waals surface area contributed by atoms with E-state index in [1.807, 2.05) is 24.3 Å². The molecule has 0 radical (unpaired) electrons. The second-order valence-corrected chi connectivity index (χ2v) is 6.81. The topological polar surface area (TPSA) is 37.4 Å². The second-order valence-electron chi connectivity index (χ2n) is 6.00. The highest BCUT2D eigenvalue weighted by molar-refractivity contribution is 6.39. The summed E-state index contributed by atoms with van der Waals surface area (Å²) >= 11 is 12.5. The third-order valence-electron chi connectivity index (χ3n) is 4.41. The van der Waals surface area contributed by atoms with Gasteiger partial charge < -0.3 is 4.90 Å². The molecule has 5 heteroatoms. The van der Waals surface area contributed by atoms with Crippen LogP contribution in [-0.2, 0) is 11.2 Å². The summed E-state index contributed by atoms with van der Waals surface area (Å²) in [6.45, 7) is 0.551. The Bertz CT molecular complexity index is 755. The Morgan fingerprint density at radius 2 is 1.79 bits per heavy atom. The number of amides is 1. The number of halogens is 2. The number of carbonyl (C=O) groups excluding carboxylic acids is 2.